The molecular formula is C44H37Cl2N3. The van der Waals surface area contributed by atoms with E-state index >= 15 is 0 Å². The fraction of sp³-hybridized carbons (Fsp3) is 0.0909. The Morgan fingerprint density at radius 2 is 0.918 bits per heavy atom. The normalized spacial score (nSPS) is 11.1. The standard InChI is InChI=1S/C44H37Cl2N3/c1-28-26-29(2)44(30(3)27-28)49-40-25-24-37(35-10-4-5-11-36(35)40)43(31-16-20-33(21-17-31)47-41-14-8-6-12-38(41)45)32-18-22-34(23-19-32)48-42-15-9-7-13-39(42)46/h4-27,43,47-49H,1-3H3. The average molecular weight is 679 g/mol. The molecule has 0 aromatic heterocycles. The summed E-state index contributed by atoms with van der Waals surface area (Å²) >= 11 is 12.9. The second kappa shape index (κ2) is 14.1. The van der Waals surface area contributed by atoms with Crippen LogP contribution in [0.4, 0.5) is 34.1 Å². The lowest BCUT2D eigenvalue weighted by Crippen LogP contribution is -2.06. The fourth-order valence-electron chi connectivity index (χ4n) is 6.70. The molecular weight excluding hydrogens is 641 g/mol. The maximum absolute atomic E-state index is 6.45. The minimum Gasteiger partial charge on any atom is -0.355 e. The van der Waals surface area contributed by atoms with Gasteiger partial charge in [0.05, 0.1) is 21.4 Å². The second-order valence-electron chi connectivity index (χ2n) is 12.5. The summed E-state index contributed by atoms with van der Waals surface area (Å²) in [5, 5.41) is 14.5. The fourth-order valence-corrected chi connectivity index (χ4v) is 7.07. The molecule has 3 nitrogen and oxygen atoms in total. The molecule has 5 heteroatoms. The minimum absolute atomic E-state index is 0.0227. The van der Waals surface area contributed by atoms with Crippen molar-refractivity contribution in [1.82, 2.24) is 0 Å². The molecule has 0 radical (unpaired) electrons. The second-order valence-corrected chi connectivity index (χ2v) is 13.3. The Morgan fingerprint density at radius 1 is 0.449 bits per heavy atom. The third-order valence-corrected chi connectivity index (χ3v) is 9.66. The van der Waals surface area contributed by atoms with E-state index in [9.17, 15) is 0 Å². The monoisotopic (exact) mass is 677 g/mol. The summed E-state index contributed by atoms with van der Waals surface area (Å²) in [6, 6.07) is 50.6. The van der Waals surface area contributed by atoms with Crippen molar-refractivity contribution in [1.29, 1.82) is 0 Å². The molecule has 242 valence electrons. The van der Waals surface area contributed by atoms with E-state index in [-0.39, 0.29) is 5.92 Å². The van der Waals surface area contributed by atoms with Gasteiger partial charge in [-0.1, -0.05) is 120 Å². The lowest BCUT2D eigenvalue weighted by molar-refractivity contribution is 0.990. The van der Waals surface area contributed by atoms with Crippen molar-refractivity contribution in [2.24, 2.45) is 0 Å². The van der Waals surface area contributed by atoms with Crippen LogP contribution in [0.3, 0.4) is 0 Å². The van der Waals surface area contributed by atoms with Gasteiger partial charge in [0.25, 0.3) is 0 Å². The number of hydrogen-bond donors (Lipinski definition) is 3. The van der Waals surface area contributed by atoms with E-state index in [1.807, 2.05) is 48.5 Å². The molecule has 3 N–H and O–H groups in total. The van der Waals surface area contributed by atoms with E-state index in [1.54, 1.807) is 0 Å². The van der Waals surface area contributed by atoms with Gasteiger partial charge in [0.2, 0.25) is 0 Å². The smallest absolute Gasteiger partial charge is 0.0640 e. The average Bonchev–Trinajstić information content (AvgIpc) is 3.10. The molecule has 0 fully saturated rings. The van der Waals surface area contributed by atoms with E-state index < -0.39 is 0 Å². The van der Waals surface area contributed by atoms with Crippen LogP contribution in [0.1, 0.15) is 39.3 Å². The van der Waals surface area contributed by atoms with Gasteiger partial charge in [-0.3, -0.25) is 0 Å². The molecule has 7 rings (SSSR count). The van der Waals surface area contributed by atoms with Crippen LogP contribution in [0.5, 0.6) is 0 Å². The van der Waals surface area contributed by atoms with Gasteiger partial charge in [0.1, 0.15) is 0 Å². The minimum atomic E-state index is -0.0227. The van der Waals surface area contributed by atoms with Crippen molar-refractivity contribution >= 4 is 68.1 Å². The topological polar surface area (TPSA) is 36.1 Å². The highest BCUT2D eigenvalue weighted by atomic mass is 35.5. The number of hydrogen-bond acceptors (Lipinski definition) is 3. The summed E-state index contributed by atoms with van der Waals surface area (Å²) in [7, 11) is 0. The molecule has 0 saturated carbocycles. The highest BCUT2D eigenvalue weighted by molar-refractivity contribution is 6.33. The number of aryl methyl sites for hydroxylation is 3. The number of anilines is 6. The van der Waals surface area contributed by atoms with Gasteiger partial charge < -0.3 is 16.0 Å². The zero-order chi connectivity index (χ0) is 33.9. The molecule has 0 aliphatic rings. The largest absolute Gasteiger partial charge is 0.355 e. The maximum Gasteiger partial charge on any atom is 0.0640 e. The number of nitrogens with one attached hydrogen (secondary N) is 3. The van der Waals surface area contributed by atoms with E-state index in [0.717, 1.165) is 34.1 Å². The number of fused-ring (bicyclic) bond motifs is 1. The van der Waals surface area contributed by atoms with Crippen LogP contribution in [0.25, 0.3) is 10.8 Å². The summed E-state index contributed by atoms with van der Waals surface area (Å²) in [6.07, 6.45) is 0. The van der Waals surface area contributed by atoms with Crippen molar-refractivity contribution in [2.45, 2.75) is 26.7 Å². The molecule has 0 atom stereocenters. The number of halogens is 2. The van der Waals surface area contributed by atoms with Crippen molar-refractivity contribution in [3.05, 3.63) is 189 Å². The molecule has 0 unspecified atom stereocenters. The molecule has 49 heavy (non-hydrogen) atoms. The van der Waals surface area contributed by atoms with Gasteiger partial charge in [-0.25, -0.2) is 0 Å². The summed E-state index contributed by atoms with van der Waals surface area (Å²) in [5.74, 6) is -0.0227. The Labute approximate surface area is 298 Å². The van der Waals surface area contributed by atoms with Crippen LogP contribution < -0.4 is 16.0 Å². The lowest BCUT2D eigenvalue weighted by atomic mass is 9.82. The predicted octanol–water partition coefficient (Wildman–Crippen LogP) is 13.5. The molecule has 7 aromatic rings. The van der Waals surface area contributed by atoms with Gasteiger partial charge in [-0.2, -0.15) is 0 Å². The molecule has 0 spiro atoms. The van der Waals surface area contributed by atoms with E-state index in [4.69, 9.17) is 23.2 Å². The van der Waals surface area contributed by atoms with Crippen molar-refractivity contribution in [2.75, 3.05) is 16.0 Å². The van der Waals surface area contributed by atoms with Crippen molar-refractivity contribution in [3.8, 4) is 0 Å². The van der Waals surface area contributed by atoms with Crippen LogP contribution in [-0.2, 0) is 0 Å². The third-order valence-electron chi connectivity index (χ3n) is 9.00. The third kappa shape index (κ3) is 7.00. The Kier molecular flexibility index (Phi) is 9.30. The quantitative estimate of drug-likeness (QED) is 0.133. The van der Waals surface area contributed by atoms with Gasteiger partial charge in [-0.05, 0) is 109 Å². The van der Waals surface area contributed by atoms with Gasteiger partial charge in [-0.15, -0.1) is 0 Å². The summed E-state index contributed by atoms with van der Waals surface area (Å²) in [5.41, 5.74) is 13.3. The highest BCUT2D eigenvalue weighted by Crippen LogP contribution is 2.41. The Morgan fingerprint density at radius 3 is 1.43 bits per heavy atom. The Bertz CT molecular complexity index is 2150. The van der Waals surface area contributed by atoms with Crippen LogP contribution >= 0.6 is 23.2 Å². The zero-order valence-corrected chi connectivity index (χ0v) is 29.2. The van der Waals surface area contributed by atoms with Gasteiger partial charge in [0.15, 0.2) is 0 Å². The first-order chi connectivity index (χ1) is 23.8. The Balaban J connectivity index is 1.30. The SMILES string of the molecule is Cc1cc(C)c(Nc2ccc(C(c3ccc(Nc4ccccc4Cl)cc3)c3ccc(Nc4ccccc4Cl)cc3)c3ccccc23)c(C)c1. The molecule has 0 saturated heterocycles. The van der Waals surface area contributed by atoms with Gasteiger partial charge >= 0.3 is 0 Å². The van der Waals surface area contributed by atoms with Gasteiger partial charge in [0, 0.05) is 34.1 Å². The van der Waals surface area contributed by atoms with Crippen molar-refractivity contribution < 1.29 is 0 Å². The van der Waals surface area contributed by atoms with Crippen molar-refractivity contribution in [3.63, 3.8) is 0 Å². The van der Waals surface area contributed by atoms with Crippen LogP contribution in [0.15, 0.2) is 146 Å². The first-order valence-corrected chi connectivity index (χ1v) is 17.2. The van der Waals surface area contributed by atoms with E-state index in [2.05, 4.69) is 134 Å². The molecule has 0 heterocycles. The van der Waals surface area contributed by atoms with E-state index in [1.165, 1.54) is 44.2 Å². The van der Waals surface area contributed by atoms with Crippen LogP contribution in [0, 0.1) is 20.8 Å². The van der Waals surface area contributed by atoms with E-state index in [0.29, 0.717) is 10.0 Å². The summed E-state index contributed by atoms with van der Waals surface area (Å²) < 4.78 is 0. The molecule has 7 aromatic carbocycles. The highest BCUT2D eigenvalue weighted by Gasteiger charge is 2.21. The first-order valence-electron chi connectivity index (χ1n) is 16.4. The maximum atomic E-state index is 6.45. The lowest BCUT2D eigenvalue weighted by Gasteiger charge is -2.23. The number of rotatable bonds is 9. The summed E-state index contributed by atoms with van der Waals surface area (Å²) in [4.78, 5) is 0. The van der Waals surface area contributed by atoms with Crippen LogP contribution in [-0.4, -0.2) is 0 Å². The molecule has 0 aliphatic heterocycles. The Hall–Kier alpha value is -5.22. The number of benzene rings is 7. The molecule has 0 aliphatic carbocycles. The molecule has 0 amide bonds. The zero-order valence-electron chi connectivity index (χ0n) is 27.7. The number of para-hydroxylation sites is 2. The summed E-state index contributed by atoms with van der Waals surface area (Å²) in [6.45, 7) is 6.49. The van der Waals surface area contributed by atoms with Crippen LogP contribution in [0.2, 0.25) is 10.0 Å². The first kappa shape index (κ1) is 32.3. The molecule has 0 bridgehead atoms. The predicted molar refractivity (Wildman–Crippen MR) is 211 cm³/mol.